The Hall–Kier alpha value is -1.18. The number of anilines is 2. The Morgan fingerprint density at radius 3 is 1.25 bits per heavy atom. The van der Waals surface area contributed by atoms with Crippen LogP contribution in [0.3, 0.4) is 0 Å². The van der Waals surface area contributed by atoms with Gasteiger partial charge in [-0.1, -0.05) is 38.5 Å². The van der Waals surface area contributed by atoms with Gasteiger partial charge in [-0.05, 0) is 49.9 Å². The van der Waals surface area contributed by atoms with Gasteiger partial charge < -0.3 is 10.6 Å². The van der Waals surface area contributed by atoms with Crippen LogP contribution >= 0.6 is 0 Å². The lowest BCUT2D eigenvalue weighted by molar-refractivity contribution is 0.462. The van der Waals surface area contributed by atoms with Crippen LogP contribution in [0.15, 0.2) is 24.3 Å². The summed E-state index contributed by atoms with van der Waals surface area (Å²) in [4.78, 5) is 0. The molecule has 3 rings (SSSR count). The van der Waals surface area contributed by atoms with Crippen LogP contribution in [-0.4, -0.2) is 12.1 Å². The van der Waals surface area contributed by atoms with E-state index in [-0.39, 0.29) is 0 Å². The highest BCUT2D eigenvalue weighted by molar-refractivity contribution is 5.54. The summed E-state index contributed by atoms with van der Waals surface area (Å²) >= 11 is 0. The van der Waals surface area contributed by atoms with Gasteiger partial charge in [-0.25, -0.2) is 0 Å². The molecule has 0 saturated heterocycles. The lowest BCUT2D eigenvalue weighted by Crippen LogP contribution is -2.23. The van der Waals surface area contributed by atoms with Crippen molar-refractivity contribution in [3.8, 4) is 0 Å². The van der Waals surface area contributed by atoms with E-state index in [4.69, 9.17) is 0 Å². The number of hydrogen-bond donors (Lipinski definition) is 2. The van der Waals surface area contributed by atoms with Crippen molar-refractivity contribution in [2.75, 3.05) is 10.6 Å². The normalized spacial score (nSPS) is 21.6. The maximum Gasteiger partial charge on any atom is 0.0343 e. The van der Waals surface area contributed by atoms with E-state index in [9.17, 15) is 0 Å². The summed E-state index contributed by atoms with van der Waals surface area (Å²) in [6.07, 6.45) is 13.7. The molecule has 2 nitrogen and oxygen atoms in total. The van der Waals surface area contributed by atoms with Gasteiger partial charge in [0.05, 0.1) is 0 Å². The third-order valence-electron chi connectivity index (χ3n) is 4.84. The van der Waals surface area contributed by atoms with Crippen molar-refractivity contribution in [3.63, 3.8) is 0 Å². The Labute approximate surface area is 123 Å². The standard InChI is InChI=1S/C18H28N2/c1-3-7-15(8-4-1)19-17-11-13-18(14-12-17)20-16-9-5-2-6-10-16/h11-16,19-20H,1-10H2. The summed E-state index contributed by atoms with van der Waals surface area (Å²) in [5, 5.41) is 7.37. The molecule has 1 aromatic rings. The number of rotatable bonds is 4. The maximum atomic E-state index is 3.68. The second-order valence-corrected chi connectivity index (χ2v) is 6.54. The van der Waals surface area contributed by atoms with Gasteiger partial charge in [0.15, 0.2) is 0 Å². The van der Waals surface area contributed by atoms with Crippen molar-refractivity contribution in [3.05, 3.63) is 24.3 Å². The minimum atomic E-state index is 0.695. The van der Waals surface area contributed by atoms with E-state index in [1.807, 2.05) is 0 Å². The van der Waals surface area contributed by atoms with Crippen molar-refractivity contribution in [1.82, 2.24) is 0 Å². The second kappa shape index (κ2) is 7.01. The fourth-order valence-corrected chi connectivity index (χ4v) is 3.63. The molecule has 2 saturated carbocycles. The third kappa shape index (κ3) is 3.91. The molecular formula is C18H28N2. The molecule has 0 spiro atoms. The summed E-state index contributed by atoms with van der Waals surface area (Å²) in [6, 6.07) is 10.3. The average molecular weight is 272 g/mol. The molecule has 0 amide bonds. The van der Waals surface area contributed by atoms with Gasteiger partial charge in [0.25, 0.3) is 0 Å². The van der Waals surface area contributed by atoms with Gasteiger partial charge in [0.2, 0.25) is 0 Å². The Kier molecular flexibility index (Phi) is 4.83. The Bertz CT molecular complexity index is 347. The Morgan fingerprint density at radius 1 is 0.550 bits per heavy atom. The predicted octanol–water partition coefficient (Wildman–Crippen LogP) is 5.18. The zero-order valence-corrected chi connectivity index (χ0v) is 12.5. The smallest absolute Gasteiger partial charge is 0.0343 e. The number of benzene rings is 1. The topological polar surface area (TPSA) is 24.1 Å². The first-order chi connectivity index (χ1) is 9.90. The van der Waals surface area contributed by atoms with Crippen molar-refractivity contribution in [1.29, 1.82) is 0 Å². The van der Waals surface area contributed by atoms with Gasteiger partial charge in [0, 0.05) is 23.5 Å². The monoisotopic (exact) mass is 272 g/mol. The number of hydrogen-bond acceptors (Lipinski definition) is 2. The second-order valence-electron chi connectivity index (χ2n) is 6.54. The molecule has 0 aromatic heterocycles. The molecule has 0 bridgehead atoms. The van der Waals surface area contributed by atoms with Crippen molar-refractivity contribution < 1.29 is 0 Å². The molecule has 0 radical (unpaired) electrons. The Balaban J connectivity index is 1.51. The molecule has 2 aliphatic rings. The van der Waals surface area contributed by atoms with Crippen molar-refractivity contribution >= 4 is 11.4 Å². The van der Waals surface area contributed by atoms with E-state index in [0.717, 1.165) is 0 Å². The average Bonchev–Trinajstić information content (AvgIpc) is 2.51. The van der Waals surface area contributed by atoms with Crippen molar-refractivity contribution in [2.24, 2.45) is 0 Å². The fourth-order valence-electron chi connectivity index (χ4n) is 3.63. The van der Waals surface area contributed by atoms with E-state index in [1.165, 1.54) is 75.6 Å². The highest BCUT2D eigenvalue weighted by atomic mass is 14.9. The number of nitrogens with one attached hydrogen (secondary N) is 2. The largest absolute Gasteiger partial charge is 0.382 e. The highest BCUT2D eigenvalue weighted by Crippen LogP contribution is 2.24. The van der Waals surface area contributed by atoms with Crippen LogP contribution in [0.4, 0.5) is 11.4 Å². The van der Waals surface area contributed by atoms with Crippen LogP contribution in [-0.2, 0) is 0 Å². The van der Waals surface area contributed by atoms with E-state index >= 15 is 0 Å². The molecule has 2 fully saturated rings. The van der Waals surface area contributed by atoms with E-state index in [1.54, 1.807) is 0 Å². The van der Waals surface area contributed by atoms with Crippen LogP contribution in [0.2, 0.25) is 0 Å². The van der Waals surface area contributed by atoms with Gasteiger partial charge >= 0.3 is 0 Å². The molecule has 20 heavy (non-hydrogen) atoms. The van der Waals surface area contributed by atoms with Gasteiger partial charge in [-0.3, -0.25) is 0 Å². The highest BCUT2D eigenvalue weighted by Gasteiger charge is 2.14. The molecule has 0 aliphatic heterocycles. The predicted molar refractivity (Wildman–Crippen MR) is 87.4 cm³/mol. The van der Waals surface area contributed by atoms with E-state index < -0.39 is 0 Å². The molecule has 2 aliphatic carbocycles. The maximum absolute atomic E-state index is 3.68. The summed E-state index contributed by atoms with van der Waals surface area (Å²) in [5.41, 5.74) is 2.57. The first-order valence-electron chi connectivity index (χ1n) is 8.53. The zero-order valence-electron chi connectivity index (χ0n) is 12.5. The molecule has 0 atom stereocenters. The third-order valence-corrected chi connectivity index (χ3v) is 4.84. The molecule has 110 valence electrons. The first-order valence-corrected chi connectivity index (χ1v) is 8.53. The lowest BCUT2D eigenvalue weighted by atomic mass is 9.95. The van der Waals surface area contributed by atoms with Gasteiger partial charge in [0.1, 0.15) is 0 Å². The summed E-state index contributed by atoms with van der Waals surface area (Å²) in [6.45, 7) is 0. The Morgan fingerprint density at radius 2 is 0.900 bits per heavy atom. The van der Waals surface area contributed by atoms with E-state index in [0.29, 0.717) is 12.1 Å². The fraction of sp³-hybridized carbons (Fsp3) is 0.667. The SMILES string of the molecule is c1cc(NC2CCCCC2)ccc1NC1CCCCC1. The zero-order chi connectivity index (χ0) is 13.6. The van der Waals surface area contributed by atoms with Crippen LogP contribution in [0.25, 0.3) is 0 Å². The quantitative estimate of drug-likeness (QED) is 0.789. The molecule has 0 heterocycles. The lowest BCUT2D eigenvalue weighted by Gasteiger charge is -2.25. The minimum absolute atomic E-state index is 0.695. The summed E-state index contributed by atoms with van der Waals surface area (Å²) in [5.74, 6) is 0. The van der Waals surface area contributed by atoms with Gasteiger partial charge in [-0.15, -0.1) is 0 Å². The summed E-state index contributed by atoms with van der Waals surface area (Å²) < 4.78 is 0. The molecular weight excluding hydrogens is 244 g/mol. The molecule has 2 N–H and O–H groups in total. The van der Waals surface area contributed by atoms with E-state index in [2.05, 4.69) is 34.9 Å². The first kappa shape index (κ1) is 13.8. The molecule has 0 unspecified atom stereocenters. The minimum Gasteiger partial charge on any atom is -0.382 e. The van der Waals surface area contributed by atoms with Crippen LogP contribution in [0.1, 0.15) is 64.2 Å². The summed E-state index contributed by atoms with van der Waals surface area (Å²) in [7, 11) is 0. The van der Waals surface area contributed by atoms with Gasteiger partial charge in [-0.2, -0.15) is 0 Å². The van der Waals surface area contributed by atoms with Crippen LogP contribution < -0.4 is 10.6 Å². The van der Waals surface area contributed by atoms with Crippen LogP contribution in [0, 0.1) is 0 Å². The van der Waals surface area contributed by atoms with Crippen LogP contribution in [0.5, 0.6) is 0 Å². The van der Waals surface area contributed by atoms with Crippen molar-refractivity contribution in [2.45, 2.75) is 76.3 Å². The molecule has 1 aromatic carbocycles. The molecule has 2 heteroatoms.